The third kappa shape index (κ3) is 3.63. The number of rotatable bonds is 6. The highest BCUT2D eigenvalue weighted by Crippen LogP contribution is 2.27. The van der Waals surface area contributed by atoms with Gasteiger partial charge in [0.15, 0.2) is 0 Å². The molecule has 0 atom stereocenters. The summed E-state index contributed by atoms with van der Waals surface area (Å²) in [7, 11) is 0. The van der Waals surface area contributed by atoms with Gasteiger partial charge in [0.25, 0.3) is 5.91 Å². The monoisotopic (exact) mass is 372 g/mol. The fraction of sp³-hybridized carbons (Fsp3) is 0.550. The van der Waals surface area contributed by atoms with Gasteiger partial charge in [0.2, 0.25) is 5.91 Å². The van der Waals surface area contributed by atoms with Gasteiger partial charge in [-0.05, 0) is 56.4 Å². The van der Waals surface area contributed by atoms with Crippen molar-refractivity contribution >= 4 is 29.2 Å². The summed E-state index contributed by atoms with van der Waals surface area (Å²) in [6.45, 7) is 7.51. The second kappa shape index (κ2) is 7.58. The van der Waals surface area contributed by atoms with E-state index in [0.717, 1.165) is 29.2 Å². The van der Waals surface area contributed by atoms with Crippen LogP contribution in [0, 0.1) is 6.92 Å². The summed E-state index contributed by atoms with van der Waals surface area (Å²) in [5.41, 5.74) is 1.94. The van der Waals surface area contributed by atoms with Gasteiger partial charge in [0.1, 0.15) is 12.1 Å². The van der Waals surface area contributed by atoms with E-state index in [0.29, 0.717) is 18.5 Å². The maximum Gasteiger partial charge on any atom is 0.325 e. The van der Waals surface area contributed by atoms with Crippen molar-refractivity contribution in [3.8, 4) is 0 Å². The van der Waals surface area contributed by atoms with E-state index in [-0.39, 0.29) is 18.4 Å². The fourth-order valence-corrected chi connectivity index (χ4v) is 3.84. The quantitative estimate of drug-likeness (QED) is 0.752. The smallest absolute Gasteiger partial charge is 0.325 e. The van der Waals surface area contributed by atoms with Crippen molar-refractivity contribution in [2.24, 2.45) is 0 Å². The van der Waals surface area contributed by atoms with Gasteiger partial charge in [-0.3, -0.25) is 14.5 Å². The number of carbonyl (C=O) groups excluding carboxylic acids is 3. The highest BCUT2D eigenvalue weighted by Gasteiger charge is 2.49. The minimum Gasteiger partial charge on any atom is -0.372 e. The molecular weight excluding hydrogens is 344 g/mol. The normalized spacial score (nSPS) is 18.8. The predicted octanol–water partition coefficient (Wildman–Crippen LogP) is 2.64. The van der Waals surface area contributed by atoms with Crippen LogP contribution in [-0.2, 0) is 9.59 Å². The molecule has 146 valence electrons. The van der Waals surface area contributed by atoms with E-state index in [2.05, 4.69) is 21.6 Å². The first-order chi connectivity index (χ1) is 12.9. The summed E-state index contributed by atoms with van der Waals surface area (Å²) >= 11 is 0. The number of hydrogen-bond acceptors (Lipinski definition) is 4. The van der Waals surface area contributed by atoms with E-state index >= 15 is 0 Å². The van der Waals surface area contributed by atoms with E-state index in [9.17, 15) is 14.4 Å². The number of hydrogen-bond donors (Lipinski definition) is 2. The van der Waals surface area contributed by atoms with Crippen LogP contribution in [0.5, 0.6) is 0 Å². The van der Waals surface area contributed by atoms with E-state index in [1.54, 1.807) is 0 Å². The third-order valence-electron chi connectivity index (χ3n) is 5.71. The van der Waals surface area contributed by atoms with Crippen LogP contribution >= 0.6 is 0 Å². The van der Waals surface area contributed by atoms with Gasteiger partial charge in [-0.2, -0.15) is 0 Å². The molecular formula is C20H28N4O3. The lowest BCUT2D eigenvalue weighted by Gasteiger charge is -2.23. The SMILES string of the molecule is CCC1(CC)NC(=O)N(CC(=O)Nc2ccc(N3CCCC3)cc2C)C1=O. The number of anilines is 2. The first-order valence-corrected chi connectivity index (χ1v) is 9.69. The maximum absolute atomic E-state index is 12.6. The van der Waals surface area contributed by atoms with Gasteiger partial charge in [-0.1, -0.05) is 13.8 Å². The Morgan fingerprint density at radius 3 is 2.41 bits per heavy atom. The number of amides is 4. The molecule has 3 rings (SSSR count). The zero-order chi connectivity index (χ0) is 19.6. The standard InChI is InChI=1S/C20H28N4O3/c1-4-20(5-2)18(26)24(19(27)22-20)13-17(25)21-16-9-8-15(12-14(16)3)23-10-6-7-11-23/h8-9,12H,4-7,10-11,13H2,1-3H3,(H,21,25)(H,22,27). The number of benzene rings is 1. The van der Waals surface area contributed by atoms with Crippen LogP contribution in [0.1, 0.15) is 45.1 Å². The molecule has 7 nitrogen and oxygen atoms in total. The molecule has 2 saturated heterocycles. The third-order valence-corrected chi connectivity index (χ3v) is 5.71. The molecule has 0 unspecified atom stereocenters. The number of nitrogens with one attached hydrogen (secondary N) is 2. The Labute approximate surface area is 160 Å². The van der Waals surface area contributed by atoms with Gasteiger partial charge in [0, 0.05) is 24.5 Å². The lowest BCUT2D eigenvalue weighted by Crippen LogP contribution is -2.46. The molecule has 0 spiro atoms. The summed E-state index contributed by atoms with van der Waals surface area (Å²) in [6, 6.07) is 5.45. The summed E-state index contributed by atoms with van der Waals surface area (Å²) < 4.78 is 0. The van der Waals surface area contributed by atoms with Gasteiger partial charge in [-0.15, -0.1) is 0 Å². The minimum atomic E-state index is -0.884. The Morgan fingerprint density at radius 1 is 1.19 bits per heavy atom. The largest absolute Gasteiger partial charge is 0.372 e. The van der Waals surface area contributed by atoms with Crippen LogP contribution in [0.4, 0.5) is 16.2 Å². The number of aryl methyl sites for hydroxylation is 1. The van der Waals surface area contributed by atoms with E-state index in [4.69, 9.17) is 0 Å². The van der Waals surface area contributed by atoms with Crippen molar-refractivity contribution in [2.75, 3.05) is 29.9 Å². The van der Waals surface area contributed by atoms with Gasteiger partial charge >= 0.3 is 6.03 Å². The van der Waals surface area contributed by atoms with Gasteiger partial charge in [-0.25, -0.2) is 4.79 Å². The average molecular weight is 372 g/mol. The van der Waals surface area contributed by atoms with E-state index in [1.807, 2.05) is 32.9 Å². The molecule has 1 aromatic carbocycles. The molecule has 0 radical (unpaired) electrons. The van der Waals surface area contributed by atoms with E-state index < -0.39 is 11.6 Å². The Bertz CT molecular complexity index is 752. The number of urea groups is 1. The summed E-state index contributed by atoms with van der Waals surface area (Å²) in [5.74, 6) is -0.702. The first-order valence-electron chi connectivity index (χ1n) is 9.69. The van der Waals surface area contributed by atoms with Crippen molar-refractivity contribution < 1.29 is 14.4 Å². The molecule has 7 heteroatoms. The van der Waals surface area contributed by atoms with Crippen molar-refractivity contribution in [1.29, 1.82) is 0 Å². The number of nitrogens with zero attached hydrogens (tertiary/aromatic N) is 2. The first kappa shape index (κ1) is 19.2. The molecule has 0 aromatic heterocycles. The fourth-order valence-electron chi connectivity index (χ4n) is 3.84. The topological polar surface area (TPSA) is 81.8 Å². The Hall–Kier alpha value is -2.57. The summed E-state index contributed by atoms with van der Waals surface area (Å²) in [6.07, 6.45) is 3.42. The van der Waals surface area contributed by atoms with Crippen LogP contribution in [0.25, 0.3) is 0 Å². The molecule has 4 amide bonds. The number of carbonyl (C=O) groups is 3. The van der Waals surface area contributed by atoms with Crippen LogP contribution in [0.15, 0.2) is 18.2 Å². The Balaban J connectivity index is 1.66. The van der Waals surface area contributed by atoms with Crippen LogP contribution < -0.4 is 15.5 Å². The zero-order valence-electron chi connectivity index (χ0n) is 16.3. The van der Waals surface area contributed by atoms with Gasteiger partial charge < -0.3 is 15.5 Å². The molecule has 0 aliphatic carbocycles. The molecule has 2 aliphatic rings. The van der Waals surface area contributed by atoms with E-state index in [1.165, 1.54) is 12.8 Å². The maximum atomic E-state index is 12.6. The van der Waals surface area contributed by atoms with Crippen molar-refractivity contribution in [2.45, 2.75) is 52.0 Å². The molecule has 2 heterocycles. The molecule has 1 aromatic rings. The molecule has 0 saturated carbocycles. The van der Waals surface area contributed by atoms with Crippen LogP contribution in [-0.4, -0.2) is 47.9 Å². The predicted molar refractivity (Wildman–Crippen MR) is 105 cm³/mol. The van der Waals surface area contributed by atoms with Crippen LogP contribution in [0.3, 0.4) is 0 Å². The van der Waals surface area contributed by atoms with Crippen molar-refractivity contribution in [1.82, 2.24) is 10.2 Å². The van der Waals surface area contributed by atoms with Crippen LogP contribution in [0.2, 0.25) is 0 Å². The highest BCUT2D eigenvalue weighted by molar-refractivity contribution is 6.10. The lowest BCUT2D eigenvalue weighted by molar-refractivity contribution is -0.134. The Kier molecular flexibility index (Phi) is 5.39. The molecule has 2 aliphatic heterocycles. The van der Waals surface area contributed by atoms with Crippen molar-refractivity contribution in [3.63, 3.8) is 0 Å². The summed E-state index contributed by atoms with van der Waals surface area (Å²) in [4.78, 5) is 40.6. The highest BCUT2D eigenvalue weighted by atomic mass is 16.2. The molecule has 2 fully saturated rings. The molecule has 0 bridgehead atoms. The zero-order valence-corrected chi connectivity index (χ0v) is 16.3. The molecule has 2 N–H and O–H groups in total. The number of imide groups is 1. The van der Waals surface area contributed by atoms with Gasteiger partial charge in [0.05, 0.1) is 0 Å². The summed E-state index contributed by atoms with van der Waals surface area (Å²) in [5, 5.41) is 5.57. The molecule has 27 heavy (non-hydrogen) atoms. The minimum absolute atomic E-state index is 0.278. The second-order valence-corrected chi connectivity index (χ2v) is 7.35. The lowest BCUT2D eigenvalue weighted by atomic mass is 9.93. The second-order valence-electron chi connectivity index (χ2n) is 7.35. The Morgan fingerprint density at radius 2 is 1.85 bits per heavy atom. The van der Waals surface area contributed by atoms with Crippen molar-refractivity contribution in [3.05, 3.63) is 23.8 Å². The average Bonchev–Trinajstić information content (AvgIpc) is 3.26.